The first-order chi connectivity index (χ1) is 8.59. The van der Waals surface area contributed by atoms with Crippen LogP contribution in [-0.2, 0) is 0 Å². The van der Waals surface area contributed by atoms with E-state index in [1.165, 1.54) is 0 Å². The molecule has 2 nitrogen and oxygen atoms in total. The van der Waals surface area contributed by atoms with Crippen molar-refractivity contribution in [2.24, 2.45) is 0 Å². The van der Waals surface area contributed by atoms with Gasteiger partial charge in [-0.05, 0) is 53.2 Å². The number of ketones is 1. The fourth-order valence-corrected chi connectivity index (χ4v) is 2.57. The summed E-state index contributed by atoms with van der Waals surface area (Å²) < 4.78 is 0.711. The summed E-state index contributed by atoms with van der Waals surface area (Å²) in [6, 6.07) is 10.7. The van der Waals surface area contributed by atoms with Crippen LogP contribution in [0.2, 0.25) is 5.02 Å². The maximum Gasteiger partial charge on any atom is 0.172 e. The third kappa shape index (κ3) is 2.79. The van der Waals surface area contributed by atoms with Gasteiger partial charge >= 0.3 is 0 Å². The Bertz CT molecular complexity index is 571. The first kappa shape index (κ1) is 13.2. The van der Waals surface area contributed by atoms with Crippen molar-refractivity contribution in [3.05, 3.63) is 63.3 Å². The molecule has 1 aromatic heterocycles. The largest absolute Gasteiger partial charge is 0.293 e. The van der Waals surface area contributed by atoms with Crippen LogP contribution in [-0.4, -0.2) is 10.8 Å². The highest BCUT2D eigenvalue weighted by molar-refractivity contribution is 9.10. The second-order valence-corrected chi connectivity index (χ2v) is 5.26. The monoisotopic (exact) mass is 323 g/mol. The summed E-state index contributed by atoms with van der Waals surface area (Å²) in [4.78, 5) is 16.6. The third-order valence-corrected chi connectivity index (χ3v) is 3.61. The van der Waals surface area contributed by atoms with E-state index in [1.54, 1.807) is 24.4 Å². The molecule has 0 radical (unpaired) electrons. The molecule has 0 bridgehead atoms. The van der Waals surface area contributed by atoms with Crippen LogP contribution in [0.3, 0.4) is 0 Å². The molecule has 2 aromatic rings. The van der Waals surface area contributed by atoms with Gasteiger partial charge in [0.05, 0.1) is 11.6 Å². The highest BCUT2D eigenvalue weighted by Crippen LogP contribution is 2.26. The Morgan fingerprint density at radius 2 is 2.11 bits per heavy atom. The summed E-state index contributed by atoms with van der Waals surface area (Å²) in [6.07, 6.45) is 1.69. The molecule has 0 spiro atoms. The van der Waals surface area contributed by atoms with E-state index < -0.39 is 0 Å². The Kier molecular flexibility index (Phi) is 4.15. The van der Waals surface area contributed by atoms with Crippen LogP contribution in [0.15, 0.2) is 47.1 Å². The standard InChI is InChI=1S/C14H11BrClNO/c1-9(13-4-2-3-7-17-13)14(18)11-6-5-10(16)8-12(11)15/h2-9H,1H3. The van der Waals surface area contributed by atoms with Gasteiger partial charge in [-0.1, -0.05) is 17.7 Å². The van der Waals surface area contributed by atoms with Crippen LogP contribution in [0.4, 0.5) is 0 Å². The topological polar surface area (TPSA) is 30.0 Å². The number of aromatic nitrogens is 1. The summed E-state index contributed by atoms with van der Waals surface area (Å²) >= 11 is 9.23. The van der Waals surface area contributed by atoms with E-state index in [4.69, 9.17) is 11.6 Å². The number of nitrogens with zero attached hydrogens (tertiary/aromatic N) is 1. The fraction of sp³-hybridized carbons (Fsp3) is 0.143. The Balaban J connectivity index is 2.32. The quantitative estimate of drug-likeness (QED) is 0.779. The summed E-state index contributed by atoms with van der Waals surface area (Å²) in [6.45, 7) is 1.85. The van der Waals surface area contributed by atoms with Crippen molar-refractivity contribution in [2.45, 2.75) is 12.8 Å². The predicted molar refractivity (Wildman–Crippen MR) is 76.1 cm³/mol. The lowest BCUT2D eigenvalue weighted by Crippen LogP contribution is -2.11. The molecule has 4 heteroatoms. The molecule has 0 saturated carbocycles. The van der Waals surface area contributed by atoms with Crippen molar-refractivity contribution in [3.63, 3.8) is 0 Å². The molecular weight excluding hydrogens is 314 g/mol. The molecule has 1 atom stereocenters. The van der Waals surface area contributed by atoms with Gasteiger partial charge in [0.2, 0.25) is 0 Å². The van der Waals surface area contributed by atoms with Gasteiger partial charge in [0.25, 0.3) is 0 Å². The molecule has 0 amide bonds. The van der Waals surface area contributed by atoms with Crippen LogP contribution < -0.4 is 0 Å². The Morgan fingerprint density at radius 1 is 1.33 bits per heavy atom. The van der Waals surface area contributed by atoms with Gasteiger partial charge < -0.3 is 0 Å². The molecule has 0 aliphatic carbocycles. The normalized spacial score (nSPS) is 12.2. The summed E-state index contributed by atoms with van der Waals surface area (Å²) in [5.41, 5.74) is 1.39. The number of carbonyl (C=O) groups is 1. The number of rotatable bonds is 3. The van der Waals surface area contributed by atoms with Gasteiger partial charge in [-0.25, -0.2) is 0 Å². The van der Waals surface area contributed by atoms with Crippen LogP contribution in [0, 0.1) is 0 Å². The minimum atomic E-state index is -0.274. The van der Waals surface area contributed by atoms with Crippen LogP contribution in [0.5, 0.6) is 0 Å². The highest BCUT2D eigenvalue weighted by atomic mass is 79.9. The van der Waals surface area contributed by atoms with Crippen molar-refractivity contribution < 1.29 is 4.79 Å². The minimum Gasteiger partial charge on any atom is -0.293 e. The number of carbonyl (C=O) groups excluding carboxylic acids is 1. The van der Waals surface area contributed by atoms with Crippen molar-refractivity contribution in [1.29, 1.82) is 0 Å². The fourth-order valence-electron chi connectivity index (χ4n) is 1.69. The lowest BCUT2D eigenvalue weighted by atomic mass is 9.96. The summed E-state index contributed by atoms with van der Waals surface area (Å²) in [5.74, 6) is -0.249. The van der Waals surface area contributed by atoms with Gasteiger partial charge in [0.1, 0.15) is 0 Å². The number of pyridine rings is 1. The van der Waals surface area contributed by atoms with Crippen molar-refractivity contribution in [1.82, 2.24) is 4.98 Å². The number of Topliss-reactive ketones (excluding diaryl/α,β-unsaturated/α-hetero) is 1. The number of halogens is 2. The zero-order chi connectivity index (χ0) is 13.1. The van der Waals surface area contributed by atoms with Crippen LogP contribution in [0.25, 0.3) is 0 Å². The van der Waals surface area contributed by atoms with Crippen molar-refractivity contribution >= 4 is 33.3 Å². The minimum absolute atomic E-state index is 0.0252. The molecule has 0 N–H and O–H groups in total. The summed E-state index contributed by atoms with van der Waals surface area (Å²) in [5, 5.41) is 0.601. The zero-order valence-corrected chi connectivity index (χ0v) is 12.1. The lowest BCUT2D eigenvalue weighted by Gasteiger charge is -2.11. The van der Waals surface area contributed by atoms with E-state index in [9.17, 15) is 4.79 Å². The first-order valence-corrected chi connectivity index (χ1v) is 6.67. The molecule has 0 saturated heterocycles. The van der Waals surface area contributed by atoms with Gasteiger partial charge in [0, 0.05) is 21.3 Å². The molecule has 92 valence electrons. The third-order valence-electron chi connectivity index (χ3n) is 2.72. The number of hydrogen-bond acceptors (Lipinski definition) is 2. The first-order valence-electron chi connectivity index (χ1n) is 5.50. The molecule has 1 heterocycles. The van der Waals surface area contributed by atoms with E-state index in [0.717, 1.165) is 5.69 Å². The molecular formula is C14H11BrClNO. The van der Waals surface area contributed by atoms with Gasteiger partial charge in [0.15, 0.2) is 5.78 Å². The Hall–Kier alpha value is -1.19. The zero-order valence-electron chi connectivity index (χ0n) is 9.73. The van der Waals surface area contributed by atoms with Crippen molar-refractivity contribution in [3.8, 4) is 0 Å². The van der Waals surface area contributed by atoms with E-state index in [-0.39, 0.29) is 11.7 Å². The lowest BCUT2D eigenvalue weighted by molar-refractivity contribution is 0.0964. The SMILES string of the molecule is CC(C(=O)c1ccc(Cl)cc1Br)c1ccccn1. The second kappa shape index (κ2) is 5.63. The van der Waals surface area contributed by atoms with E-state index in [2.05, 4.69) is 20.9 Å². The molecule has 1 unspecified atom stereocenters. The molecule has 0 aliphatic rings. The van der Waals surface area contributed by atoms with E-state index >= 15 is 0 Å². The molecule has 0 fully saturated rings. The van der Waals surface area contributed by atoms with Gasteiger partial charge in [-0.15, -0.1) is 0 Å². The second-order valence-electron chi connectivity index (χ2n) is 3.96. The van der Waals surface area contributed by atoms with E-state index in [0.29, 0.717) is 15.1 Å². The highest BCUT2D eigenvalue weighted by Gasteiger charge is 2.20. The average Bonchev–Trinajstić information content (AvgIpc) is 2.38. The molecule has 18 heavy (non-hydrogen) atoms. The van der Waals surface area contributed by atoms with Gasteiger partial charge in [-0.2, -0.15) is 0 Å². The van der Waals surface area contributed by atoms with E-state index in [1.807, 2.05) is 25.1 Å². The van der Waals surface area contributed by atoms with Crippen LogP contribution in [0.1, 0.15) is 28.9 Å². The maximum absolute atomic E-state index is 12.4. The summed E-state index contributed by atoms with van der Waals surface area (Å²) in [7, 11) is 0. The number of hydrogen-bond donors (Lipinski definition) is 0. The smallest absolute Gasteiger partial charge is 0.172 e. The number of benzene rings is 1. The Morgan fingerprint density at radius 3 is 2.72 bits per heavy atom. The van der Waals surface area contributed by atoms with Gasteiger partial charge in [-0.3, -0.25) is 9.78 Å². The molecule has 2 rings (SSSR count). The molecule has 1 aromatic carbocycles. The predicted octanol–water partition coefficient (Wildman–Crippen LogP) is 4.48. The molecule has 0 aliphatic heterocycles. The average molecular weight is 325 g/mol. The van der Waals surface area contributed by atoms with Crippen molar-refractivity contribution in [2.75, 3.05) is 0 Å². The maximum atomic E-state index is 12.4. The van der Waals surface area contributed by atoms with Crippen LogP contribution >= 0.6 is 27.5 Å². The Labute approximate surface area is 119 Å².